The third-order valence-corrected chi connectivity index (χ3v) is 11.4. The minimum absolute atomic E-state index is 0.135. The fourth-order valence-electron chi connectivity index (χ4n) is 6.52. The predicted octanol–water partition coefficient (Wildman–Crippen LogP) is 3.94. The number of hydrogen-bond donors (Lipinski definition) is 0. The molecular weight excluding hydrogens is 484 g/mol. The molecule has 3 aliphatic rings. The number of pyridine rings is 1. The summed E-state index contributed by atoms with van der Waals surface area (Å²) in [7, 11) is -6.85. The lowest BCUT2D eigenvalue weighted by atomic mass is 9.40. The maximum absolute atomic E-state index is 13.4. The van der Waals surface area contributed by atoms with Gasteiger partial charge in [-0.2, -0.15) is 0 Å². The molecule has 0 unspecified atom stereocenters. The summed E-state index contributed by atoms with van der Waals surface area (Å²) in [6, 6.07) is 8.57. The van der Waals surface area contributed by atoms with Crippen molar-refractivity contribution in [1.29, 1.82) is 0 Å². The summed E-state index contributed by atoms with van der Waals surface area (Å²) < 4.78 is 55.1. The zero-order chi connectivity index (χ0) is 24.8. The van der Waals surface area contributed by atoms with E-state index in [9.17, 15) is 16.8 Å². The molecule has 3 saturated carbocycles. The minimum atomic E-state index is -3.81. The van der Waals surface area contributed by atoms with Crippen molar-refractivity contribution in [1.82, 2.24) is 18.5 Å². The van der Waals surface area contributed by atoms with E-state index in [1.54, 1.807) is 42.7 Å². The van der Waals surface area contributed by atoms with Gasteiger partial charge in [0.05, 0.1) is 22.4 Å². The Morgan fingerprint density at radius 1 is 1.00 bits per heavy atom. The zero-order valence-corrected chi connectivity index (χ0v) is 21.7. The molecular formula is C25H28N4O4S2. The molecule has 3 fully saturated rings. The maximum Gasteiger partial charge on any atom is 0.269 e. The average molecular weight is 513 g/mol. The minimum Gasteiger partial charge on any atom is -0.321 e. The van der Waals surface area contributed by atoms with Crippen LogP contribution in [0.3, 0.4) is 0 Å². The first-order valence-corrected chi connectivity index (χ1v) is 15.1. The van der Waals surface area contributed by atoms with Gasteiger partial charge in [0.15, 0.2) is 15.5 Å². The van der Waals surface area contributed by atoms with Gasteiger partial charge in [-0.1, -0.05) is 24.6 Å². The number of benzene rings is 1. The number of fused-ring (bicyclic) bond motifs is 3. The van der Waals surface area contributed by atoms with Crippen molar-refractivity contribution in [3.8, 4) is 0 Å². The van der Waals surface area contributed by atoms with Gasteiger partial charge in [-0.15, -0.1) is 0 Å². The number of imidazole rings is 1. The van der Waals surface area contributed by atoms with E-state index in [0.29, 0.717) is 12.1 Å². The maximum atomic E-state index is 13.4. The van der Waals surface area contributed by atoms with E-state index in [2.05, 4.69) is 9.55 Å². The standard InChI is InChI=1S/C25H28N4O4S2/c1-4-11-34(30,31)16-24-13-25(14-24,15-24)29-18(3)27-21-12-26-23-20(22(21)29)9-10-28(23)35(32,33)19-7-5-17(2)6-8-19/h5-10,12H,4,11,13-16H2,1-3H3. The smallest absolute Gasteiger partial charge is 0.269 e. The van der Waals surface area contributed by atoms with E-state index in [-0.39, 0.29) is 27.4 Å². The van der Waals surface area contributed by atoms with Crippen molar-refractivity contribution in [3.05, 3.63) is 54.1 Å². The second kappa shape index (κ2) is 7.16. The van der Waals surface area contributed by atoms with Crippen molar-refractivity contribution in [2.24, 2.45) is 5.41 Å². The van der Waals surface area contributed by atoms with Crippen LogP contribution in [0.2, 0.25) is 0 Å². The Morgan fingerprint density at radius 3 is 2.34 bits per heavy atom. The van der Waals surface area contributed by atoms with Gasteiger partial charge < -0.3 is 4.57 Å². The summed E-state index contributed by atoms with van der Waals surface area (Å²) in [4.78, 5) is 9.42. The van der Waals surface area contributed by atoms with Crippen molar-refractivity contribution in [2.75, 3.05) is 11.5 Å². The lowest BCUT2D eigenvalue weighted by Crippen LogP contribution is -2.69. The second-order valence-corrected chi connectivity index (χ2v) is 14.5. The van der Waals surface area contributed by atoms with E-state index >= 15 is 0 Å². The first-order valence-electron chi connectivity index (χ1n) is 11.9. The van der Waals surface area contributed by atoms with Gasteiger partial charge in [-0.05, 0) is 63.1 Å². The van der Waals surface area contributed by atoms with Crippen LogP contribution >= 0.6 is 0 Å². The molecule has 0 spiro atoms. The quantitative estimate of drug-likeness (QED) is 0.371. The van der Waals surface area contributed by atoms with Gasteiger partial charge >= 0.3 is 0 Å². The molecule has 0 saturated heterocycles. The van der Waals surface area contributed by atoms with E-state index in [0.717, 1.165) is 47.1 Å². The van der Waals surface area contributed by atoms with Gasteiger partial charge in [0.2, 0.25) is 0 Å². The molecule has 7 rings (SSSR count). The van der Waals surface area contributed by atoms with Crippen LogP contribution in [-0.2, 0) is 25.4 Å². The summed E-state index contributed by atoms with van der Waals surface area (Å²) in [6.07, 6.45) is 6.25. The first-order chi connectivity index (χ1) is 16.5. The summed E-state index contributed by atoms with van der Waals surface area (Å²) >= 11 is 0. The molecule has 0 radical (unpaired) electrons. The Balaban J connectivity index is 1.42. The Labute approximate surface area is 205 Å². The van der Waals surface area contributed by atoms with Crippen molar-refractivity contribution in [2.45, 2.75) is 56.9 Å². The molecule has 3 heterocycles. The third kappa shape index (κ3) is 3.22. The predicted molar refractivity (Wildman–Crippen MR) is 135 cm³/mol. The molecule has 35 heavy (non-hydrogen) atoms. The highest BCUT2D eigenvalue weighted by Gasteiger charge is 2.70. The van der Waals surface area contributed by atoms with E-state index < -0.39 is 19.9 Å². The molecule has 0 amide bonds. The second-order valence-electron chi connectivity index (χ2n) is 10.5. The Bertz CT molecular complexity index is 1690. The number of aromatic nitrogens is 4. The molecule has 2 bridgehead atoms. The van der Waals surface area contributed by atoms with E-state index in [4.69, 9.17) is 4.98 Å². The molecule has 0 N–H and O–H groups in total. The Kier molecular flexibility index (Phi) is 4.65. The normalized spacial score (nSPS) is 24.0. The van der Waals surface area contributed by atoms with Crippen LogP contribution in [-0.4, -0.2) is 46.8 Å². The van der Waals surface area contributed by atoms with Crippen molar-refractivity contribution < 1.29 is 16.8 Å². The van der Waals surface area contributed by atoms with Crippen LogP contribution in [0.5, 0.6) is 0 Å². The number of hydrogen-bond acceptors (Lipinski definition) is 6. The Morgan fingerprint density at radius 2 is 1.69 bits per heavy atom. The first kappa shape index (κ1) is 22.7. The number of aryl methyl sites for hydroxylation is 2. The topological polar surface area (TPSA) is 104 Å². The summed E-state index contributed by atoms with van der Waals surface area (Å²) in [5.74, 6) is 1.33. The van der Waals surface area contributed by atoms with Gasteiger partial charge in [0.1, 0.15) is 11.3 Å². The fraction of sp³-hybridized carbons (Fsp3) is 0.440. The van der Waals surface area contributed by atoms with Gasteiger partial charge in [0, 0.05) is 22.9 Å². The van der Waals surface area contributed by atoms with Crippen molar-refractivity contribution >= 4 is 41.9 Å². The molecule has 4 aromatic rings. The third-order valence-electron chi connectivity index (χ3n) is 7.67. The lowest BCUT2D eigenvalue weighted by Gasteiger charge is -2.71. The monoisotopic (exact) mass is 512 g/mol. The highest BCUT2D eigenvalue weighted by molar-refractivity contribution is 7.91. The lowest BCUT2D eigenvalue weighted by molar-refractivity contribution is -0.169. The zero-order valence-electron chi connectivity index (χ0n) is 20.0. The molecule has 8 nitrogen and oxygen atoms in total. The van der Waals surface area contributed by atoms with Crippen LogP contribution in [0, 0.1) is 19.3 Å². The molecule has 0 aliphatic heterocycles. The molecule has 10 heteroatoms. The summed E-state index contributed by atoms with van der Waals surface area (Å²) in [5, 5.41) is 0.733. The van der Waals surface area contributed by atoms with Crippen LogP contribution in [0.15, 0.2) is 47.6 Å². The number of sulfone groups is 1. The largest absolute Gasteiger partial charge is 0.321 e. The summed E-state index contributed by atoms with van der Waals surface area (Å²) in [6.45, 7) is 5.76. The average Bonchev–Trinajstić information content (AvgIpc) is 3.31. The SMILES string of the molecule is CCCS(=O)(=O)CC12CC(n3c(C)nc4cnc5c(ccn5S(=O)(=O)c5ccc(C)cc5)c43)(C1)C2. The van der Waals surface area contributed by atoms with E-state index in [1.807, 2.05) is 20.8 Å². The molecule has 3 aromatic heterocycles. The number of rotatable bonds is 7. The van der Waals surface area contributed by atoms with Crippen LogP contribution in [0.25, 0.3) is 22.1 Å². The van der Waals surface area contributed by atoms with Crippen LogP contribution < -0.4 is 0 Å². The van der Waals surface area contributed by atoms with Crippen LogP contribution in [0.4, 0.5) is 0 Å². The number of nitrogens with zero attached hydrogens (tertiary/aromatic N) is 4. The molecule has 184 valence electrons. The van der Waals surface area contributed by atoms with Gasteiger partial charge in [0.25, 0.3) is 10.0 Å². The Hall–Kier alpha value is -2.72. The van der Waals surface area contributed by atoms with Gasteiger partial charge in [-0.3, -0.25) is 0 Å². The molecule has 3 aliphatic carbocycles. The molecule has 0 atom stereocenters. The van der Waals surface area contributed by atoms with E-state index in [1.165, 1.54) is 3.97 Å². The fourth-order valence-corrected chi connectivity index (χ4v) is 9.83. The van der Waals surface area contributed by atoms with Crippen molar-refractivity contribution in [3.63, 3.8) is 0 Å². The summed E-state index contributed by atoms with van der Waals surface area (Å²) in [5.41, 5.74) is 2.65. The highest BCUT2D eigenvalue weighted by Crippen LogP contribution is 2.72. The highest BCUT2D eigenvalue weighted by atomic mass is 32.2. The van der Waals surface area contributed by atoms with Gasteiger partial charge in [-0.25, -0.2) is 30.8 Å². The molecule has 1 aromatic carbocycles. The van der Waals surface area contributed by atoms with Crippen LogP contribution in [0.1, 0.15) is 44.0 Å².